The molecule has 2 aromatic rings. The minimum Gasteiger partial charge on any atom is -0.391 e. The van der Waals surface area contributed by atoms with E-state index in [2.05, 4.69) is 0 Å². The van der Waals surface area contributed by atoms with Crippen LogP contribution in [0.4, 0.5) is 5.00 Å². The van der Waals surface area contributed by atoms with E-state index < -0.39 is 0 Å². The molecule has 0 radical (unpaired) electrons. The van der Waals surface area contributed by atoms with Crippen molar-refractivity contribution in [2.75, 3.05) is 5.73 Å². The van der Waals surface area contributed by atoms with Gasteiger partial charge in [-0.25, -0.2) is 0 Å². The van der Waals surface area contributed by atoms with Gasteiger partial charge in [-0.05, 0) is 17.5 Å². The van der Waals surface area contributed by atoms with Crippen LogP contribution in [0.25, 0.3) is 10.1 Å². The summed E-state index contributed by atoms with van der Waals surface area (Å²) in [6.45, 7) is 0. The van der Waals surface area contributed by atoms with E-state index in [9.17, 15) is 0 Å². The molecule has 2 N–H and O–H groups in total. The second-order valence-corrected chi connectivity index (χ2v) is 4.48. The van der Waals surface area contributed by atoms with Crippen molar-refractivity contribution in [2.24, 2.45) is 0 Å². The molecule has 0 aliphatic heterocycles. The maximum atomic E-state index is 5.99. The van der Waals surface area contributed by atoms with E-state index in [4.69, 9.17) is 28.9 Å². The average molecular weight is 232 g/mol. The van der Waals surface area contributed by atoms with Crippen LogP contribution in [-0.4, -0.2) is 0 Å². The predicted molar refractivity (Wildman–Crippen MR) is 60.8 cm³/mol. The highest BCUT2D eigenvalue weighted by Crippen LogP contribution is 2.34. The number of thiophene rings is 1. The van der Waals surface area contributed by atoms with Crippen LogP contribution in [0.3, 0.4) is 0 Å². The summed E-state index contributed by atoms with van der Waals surface area (Å²) in [5.41, 5.74) is 6.67. The Balaban J connectivity index is 2.82. The Labute approximate surface area is 90.1 Å². The Kier molecular flexibility index (Phi) is 2.37. The van der Waals surface area contributed by atoms with E-state index in [0.717, 1.165) is 20.7 Å². The maximum absolute atomic E-state index is 5.99. The van der Waals surface area contributed by atoms with Crippen LogP contribution in [-0.2, 0) is 5.88 Å². The van der Waals surface area contributed by atoms with Gasteiger partial charge in [0, 0.05) is 15.3 Å². The molecular weight excluding hydrogens is 225 g/mol. The first kappa shape index (κ1) is 9.13. The van der Waals surface area contributed by atoms with E-state index in [1.165, 1.54) is 11.3 Å². The largest absolute Gasteiger partial charge is 0.391 e. The van der Waals surface area contributed by atoms with Crippen molar-refractivity contribution in [3.8, 4) is 0 Å². The van der Waals surface area contributed by atoms with Crippen LogP contribution >= 0.6 is 34.5 Å². The fraction of sp³-hybridized carbons (Fsp3) is 0.111. The molecule has 0 saturated heterocycles. The van der Waals surface area contributed by atoms with Crippen LogP contribution in [0.5, 0.6) is 0 Å². The highest BCUT2D eigenvalue weighted by molar-refractivity contribution is 7.22. The van der Waals surface area contributed by atoms with Gasteiger partial charge in [0.1, 0.15) is 0 Å². The summed E-state index contributed by atoms with van der Waals surface area (Å²) in [5, 5.41) is 2.62. The molecule has 1 heterocycles. The minimum absolute atomic E-state index is 0.427. The first-order valence-corrected chi connectivity index (χ1v) is 5.47. The molecule has 4 heteroatoms. The van der Waals surface area contributed by atoms with Gasteiger partial charge in [-0.3, -0.25) is 0 Å². The van der Waals surface area contributed by atoms with E-state index in [0.29, 0.717) is 10.9 Å². The number of anilines is 1. The molecule has 0 bridgehead atoms. The van der Waals surface area contributed by atoms with Gasteiger partial charge in [-0.2, -0.15) is 0 Å². The number of hydrogen-bond acceptors (Lipinski definition) is 2. The van der Waals surface area contributed by atoms with Gasteiger partial charge in [0.2, 0.25) is 0 Å². The number of nitrogen functional groups attached to an aromatic ring is 1. The summed E-state index contributed by atoms with van der Waals surface area (Å²) in [5.74, 6) is 0.427. The second kappa shape index (κ2) is 3.37. The summed E-state index contributed by atoms with van der Waals surface area (Å²) in [6, 6.07) is 5.75. The fourth-order valence-electron chi connectivity index (χ4n) is 1.28. The Morgan fingerprint density at radius 1 is 1.38 bits per heavy atom. The maximum Gasteiger partial charge on any atom is 0.0868 e. The van der Waals surface area contributed by atoms with Crippen molar-refractivity contribution in [3.05, 3.63) is 28.8 Å². The third-order valence-electron chi connectivity index (χ3n) is 1.89. The van der Waals surface area contributed by atoms with Gasteiger partial charge < -0.3 is 5.73 Å². The highest BCUT2D eigenvalue weighted by atomic mass is 35.5. The Hall–Kier alpha value is -0.440. The molecule has 0 aliphatic rings. The molecule has 0 saturated carbocycles. The zero-order chi connectivity index (χ0) is 9.42. The Morgan fingerprint density at radius 3 is 2.85 bits per heavy atom. The third-order valence-corrected chi connectivity index (χ3v) is 3.55. The lowest BCUT2D eigenvalue weighted by Crippen LogP contribution is -1.79. The summed E-state index contributed by atoms with van der Waals surface area (Å²) < 4.78 is 1.10. The lowest BCUT2D eigenvalue weighted by atomic mass is 10.2. The van der Waals surface area contributed by atoms with Crippen molar-refractivity contribution in [1.29, 1.82) is 0 Å². The zero-order valence-corrected chi connectivity index (χ0v) is 9.01. The van der Waals surface area contributed by atoms with Gasteiger partial charge in [0.05, 0.1) is 10.9 Å². The normalized spacial score (nSPS) is 10.9. The van der Waals surface area contributed by atoms with Crippen LogP contribution in [0.2, 0.25) is 5.02 Å². The standard InChI is InChI=1S/C9H7Cl2NS/c10-4-6-7(11)2-1-5-3-8(12)13-9(5)6/h1-3H,4,12H2. The summed E-state index contributed by atoms with van der Waals surface area (Å²) in [6.07, 6.45) is 0. The minimum atomic E-state index is 0.427. The number of halogens is 2. The van der Waals surface area contributed by atoms with Crippen LogP contribution in [0.15, 0.2) is 18.2 Å². The summed E-state index contributed by atoms with van der Waals surface area (Å²) in [7, 11) is 0. The van der Waals surface area contributed by atoms with Crippen molar-refractivity contribution in [1.82, 2.24) is 0 Å². The van der Waals surface area contributed by atoms with Crippen molar-refractivity contribution < 1.29 is 0 Å². The number of nitrogens with two attached hydrogens (primary N) is 1. The topological polar surface area (TPSA) is 26.0 Å². The van der Waals surface area contributed by atoms with Crippen LogP contribution in [0, 0.1) is 0 Å². The number of benzene rings is 1. The molecule has 68 valence electrons. The molecular formula is C9H7Cl2NS. The molecule has 0 unspecified atom stereocenters. The molecule has 1 nitrogen and oxygen atoms in total. The molecule has 1 aromatic carbocycles. The Morgan fingerprint density at radius 2 is 2.15 bits per heavy atom. The van der Waals surface area contributed by atoms with Crippen molar-refractivity contribution in [2.45, 2.75) is 5.88 Å². The molecule has 0 spiro atoms. The lowest BCUT2D eigenvalue weighted by Gasteiger charge is -2.00. The number of alkyl halides is 1. The highest BCUT2D eigenvalue weighted by Gasteiger charge is 2.07. The van der Waals surface area contributed by atoms with Crippen LogP contribution < -0.4 is 5.73 Å². The van der Waals surface area contributed by atoms with Crippen molar-refractivity contribution >= 4 is 49.6 Å². The third kappa shape index (κ3) is 1.50. The molecule has 0 aliphatic carbocycles. The molecule has 2 rings (SSSR count). The quantitative estimate of drug-likeness (QED) is 0.742. The van der Waals surface area contributed by atoms with E-state index in [-0.39, 0.29) is 0 Å². The number of hydrogen-bond donors (Lipinski definition) is 1. The smallest absolute Gasteiger partial charge is 0.0868 e. The Bertz CT molecular complexity index is 450. The average Bonchev–Trinajstić information content (AvgIpc) is 2.45. The predicted octanol–water partition coefficient (Wildman–Crippen LogP) is 3.88. The molecule has 0 fully saturated rings. The first-order valence-electron chi connectivity index (χ1n) is 3.74. The van der Waals surface area contributed by atoms with Crippen LogP contribution in [0.1, 0.15) is 5.56 Å². The first-order chi connectivity index (χ1) is 6.22. The van der Waals surface area contributed by atoms with Gasteiger partial charge in [-0.15, -0.1) is 22.9 Å². The lowest BCUT2D eigenvalue weighted by molar-refractivity contribution is 1.47. The van der Waals surface area contributed by atoms with Gasteiger partial charge in [0.25, 0.3) is 0 Å². The zero-order valence-electron chi connectivity index (χ0n) is 6.68. The summed E-state index contributed by atoms with van der Waals surface area (Å²) in [4.78, 5) is 0. The molecule has 0 amide bonds. The van der Waals surface area contributed by atoms with E-state index in [1.807, 2.05) is 18.2 Å². The van der Waals surface area contributed by atoms with Gasteiger partial charge >= 0.3 is 0 Å². The number of rotatable bonds is 1. The molecule has 13 heavy (non-hydrogen) atoms. The number of fused-ring (bicyclic) bond motifs is 1. The summed E-state index contributed by atoms with van der Waals surface area (Å²) >= 11 is 13.3. The van der Waals surface area contributed by atoms with E-state index in [1.54, 1.807) is 0 Å². The SMILES string of the molecule is Nc1cc2ccc(Cl)c(CCl)c2s1. The van der Waals surface area contributed by atoms with Gasteiger partial charge in [0.15, 0.2) is 0 Å². The second-order valence-electron chi connectivity index (χ2n) is 2.73. The monoisotopic (exact) mass is 231 g/mol. The fourth-order valence-corrected chi connectivity index (χ4v) is 2.96. The molecule has 0 atom stereocenters. The van der Waals surface area contributed by atoms with E-state index >= 15 is 0 Å². The van der Waals surface area contributed by atoms with Crippen molar-refractivity contribution in [3.63, 3.8) is 0 Å². The van der Waals surface area contributed by atoms with Gasteiger partial charge in [-0.1, -0.05) is 17.7 Å². The molecule has 1 aromatic heterocycles.